The zero-order chi connectivity index (χ0) is 12.6. The van der Waals surface area contributed by atoms with Crippen molar-refractivity contribution in [2.24, 2.45) is 5.73 Å². The van der Waals surface area contributed by atoms with Crippen LogP contribution in [-0.2, 0) is 0 Å². The molecule has 1 heterocycles. The van der Waals surface area contributed by atoms with Crippen LogP contribution in [-0.4, -0.2) is 34.9 Å². The Morgan fingerprint density at radius 3 is 2.65 bits per heavy atom. The van der Waals surface area contributed by atoms with Crippen molar-refractivity contribution >= 4 is 27.5 Å². The highest BCUT2D eigenvalue weighted by molar-refractivity contribution is 9.10. The number of hydrogen-bond donors (Lipinski definition) is 1. The predicted molar refractivity (Wildman–Crippen MR) is 64.7 cm³/mol. The highest BCUT2D eigenvalue weighted by Gasteiger charge is 2.29. The molecule has 2 rings (SSSR count). The van der Waals surface area contributed by atoms with E-state index in [1.165, 1.54) is 12.1 Å². The summed E-state index contributed by atoms with van der Waals surface area (Å²) in [5.74, 6) is -0.226. The summed E-state index contributed by atoms with van der Waals surface area (Å²) in [5.41, 5.74) is 5.78. The van der Waals surface area contributed by atoms with Gasteiger partial charge >= 0.3 is 0 Å². The van der Waals surface area contributed by atoms with Crippen molar-refractivity contribution < 1.29 is 9.72 Å². The van der Waals surface area contributed by atoms with Crippen molar-refractivity contribution in [2.45, 2.75) is 6.04 Å². The highest BCUT2D eigenvalue weighted by Crippen LogP contribution is 2.23. The van der Waals surface area contributed by atoms with Gasteiger partial charge < -0.3 is 10.6 Å². The van der Waals surface area contributed by atoms with Crippen molar-refractivity contribution in [3.63, 3.8) is 0 Å². The maximum Gasteiger partial charge on any atom is 0.271 e. The molecule has 0 aliphatic carbocycles. The minimum absolute atomic E-state index is 0.0149. The van der Waals surface area contributed by atoms with Gasteiger partial charge in [0.2, 0.25) is 0 Å². The number of carbonyl (C=O) groups excluding carboxylic acids is 1. The van der Waals surface area contributed by atoms with Gasteiger partial charge in [-0.2, -0.15) is 0 Å². The van der Waals surface area contributed by atoms with E-state index in [-0.39, 0.29) is 17.6 Å². The Morgan fingerprint density at radius 2 is 2.12 bits per heavy atom. The van der Waals surface area contributed by atoms with E-state index in [4.69, 9.17) is 5.73 Å². The third-order valence-corrected chi connectivity index (χ3v) is 3.00. The Bertz CT molecular complexity index is 486. The van der Waals surface area contributed by atoms with Crippen molar-refractivity contribution in [3.05, 3.63) is 38.3 Å². The normalized spacial score (nSPS) is 15.5. The summed E-state index contributed by atoms with van der Waals surface area (Å²) >= 11 is 3.15. The summed E-state index contributed by atoms with van der Waals surface area (Å²) in [5, 5.41) is 10.7. The lowest BCUT2D eigenvalue weighted by molar-refractivity contribution is -0.385. The molecule has 0 unspecified atom stereocenters. The van der Waals surface area contributed by atoms with Crippen LogP contribution in [0.2, 0.25) is 0 Å². The molecule has 0 bridgehead atoms. The average Bonchev–Trinajstić information content (AvgIpc) is 2.23. The van der Waals surface area contributed by atoms with Gasteiger partial charge in [-0.3, -0.25) is 14.9 Å². The third-order valence-electron chi connectivity index (χ3n) is 2.54. The Kier molecular flexibility index (Phi) is 3.12. The fourth-order valence-corrected chi connectivity index (χ4v) is 2.15. The second-order valence-electron chi connectivity index (χ2n) is 3.93. The molecule has 2 N–H and O–H groups in total. The summed E-state index contributed by atoms with van der Waals surface area (Å²) in [6, 6.07) is 4.22. The van der Waals surface area contributed by atoms with E-state index < -0.39 is 4.92 Å². The zero-order valence-corrected chi connectivity index (χ0v) is 10.4. The van der Waals surface area contributed by atoms with Crippen LogP contribution in [0.15, 0.2) is 22.7 Å². The standard InChI is InChI=1S/C10H10BrN3O3/c11-7-1-6(2-9(3-7)14(16)17)10(15)13-4-8(12)5-13/h1-3,8H,4-5,12H2. The molecule has 7 heteroatoms. The molecular formula is C10H10BrN3O3. The first kappa shape index (κ1) is 12.0. The van der Waals surface area contributed by atoms with Crippen molar-refractivity contribution in [1.82, 2.24) is 4.90 Å². The van der Waals surface area contributed by atoms with Gasteiger partial charge in [-0.05, 0) is 6.07 Å². The molecule has 1 aliphatic heterocycles. The predicted octanol–water partition coefficient (Wildman–Crippen LogP) is 1.14. The molecule has 90 valence electrons. The van der Waals surface area contributed by atoms with E-state index in [9.17, 15) is 14.9 Å². The van der Waals surface area contributed by atoms with Crippen LogP contribution in [0.25, 0.3) is 0 Å². The number of nitro groups is 1. The molecule has 0 spiro atoms. The highest BCUT2D eigenvalue weighted by atomic mass is 79.9. The molecule has 1 aliphatic rings. The maximum absolute atomic E-state index is 11.9. The molecule has 1 amide bonds. The lowest BCUT2D eigenvalue weighted by Gasteiger charge is -2.36. The quantitative estimate of drug-likeness (QED) is 0.655. The number of likely N-dealkylation sites (tertiary alicyclic amines) is 1. The van der Waals surface area contributed by atoms with Crippen LogP contribution in [0.5, 0.6) is 0 Å². The summed E-state index contributed by atoms with van der Waals surface area (Å²) < 4.78 is 0.514. The van der Waals surface area contributed by atoms with Crippen molar-refractivity contribution in [1.29, 1.82) is 0 Å². The molecule has 1 aromatic rings. The monoisotopic (exact) mass is 299 g/mol. The van der Waals surface area contributed by atoms with Gasteiger partial charge in [-0.1, -0.05) is 15.9 Å². The van der Waals surface area contributed by atoms with Crippen LogP contribution in [0.1, 0.15) is 10.4 Å². The molecule has 0 aromatic heterocycles. The van der Waals surface area contributed by atoms with Crippen LogP contribution >= 0.6 is 15.9 Å². The van der Waals surface area contributed by atoms with Gasteiger partial charge in [0.15, 0.2) is 0 Å². The van der Waals surface area contributed by atoms with E-state index >= 15 is 0 Å². The summed E-state index contributed by atoms with van der Waals surface area (Å²) in [6.45, 7) is 0.998. The number of nitrogens with two attached hydrogens (primary N) is 1. The Balaban J connectivity index is 2.26. The molecule has 0 atom stereocenters. The lowest BCUT2D eigenvalue weighted by Crippen LogP contribution is -2.57. The smallest absolute Gasteiger partial charge is 0.271 e. The van der Waals surface area contributed by atoms with Gasteiger partial charge in [0.1, 0.15) is 0 Å². The van der Waals surface area contributed by atoms with Gasteiger partial charge in [0.25, 0.3) is 11.6 Å². The summed E-state index contributed by atoms with van der Waals surface area (Å²) in [7, 11) is 0. The topological polar surface area (TPSA) is 89.5 Å². The van der Waals surface area contributed by atoms with Gasteiger partial charge in [-0.25, -0.2) is 0 Å². The number of non-ortho nitro benzene ring substituents is 1. The number of carbonyl (C=O) groups is 1. The first-order valence-corrected chi connectivity index (χ1v) is 5.76. The van der Waals surface area contributed by atoms with Crippen LogP contribution in [0.3, 0.4) is 0 Å². The molecule has 1 fully saturated rings. The fourth-order valence-electron chi connectivity index (χ4n) is 1.66. The second-order valence-corrected chi connectivity index (χ2v) is 4.84. The minimum atomic E-state index is -0.524. The molecular weight excluding hydrogens is 290 g/mol. The van der Waals surface area contributed by atoms with Crippen molar-refractivity contribution in [3.8, 4) is 0 Å². The van der Waals surface area contributed by atoms with Crippen LogP contribution in [0.4, 0.5) is 5.69 Å². The van der Waals surface area contributed by atoms with Crippen LogP contribution < -0.4 is 5.73 Å². The first-order valence-electron chi connectivity index (χ1n) is 4.97. The van der Waals surface area contributed by atoms with E-state index in [0.29, 0.717) is 23.1 Å². The number of benzene rings is 1. The molecule has 0 saturated carbocycles. The number of nitrogens with zero attached hydrogens (tertiary/aromatic N) is 2. The Labute approximate surface area is 106 Å². The SMILES string of the molecule is NC1CN(C(=O)c2cc(Br)cc([N+](=O)[O-])c2)C1. The van der Waals surface area contributed by atoms with Gasteiger partial charge in [-0.15, -0.1) is 0 Å². The molecule has 6 nitrogen and oxygen atoms in total. The van der Waals surface area contributed by atoms with Crippen molar-refractivity contribution in [2.75, 3.05) is 13.1 Å². The second kappa shape index (κ2) is 4.42. The number of amides is 1. The third kappa shape index (κ3) is 2.45. The fraction of sp³-hybridized carbons (Fsp3) is 0.300. The van der Waals surface area contributed by atoms with E-state index in [1.54, 1.807) is 11.0 Å². The molecule has 1 saturated heterocycles. The lowest BCUT2D eigenvalue weighted by atomic mass is 10.1. The first-order chi connectivity index (χ1) is 7.97. The van der Waals surface area contributed by atoms with E-state index in [2.05, 4.69) is 15.9 Å². The number of rotatable bonds is 2. The summed E-state index contributed by atoms with van der Waals surface area (Å²) in [6.07, 6.45) is 0. The minimum Gasteiger partial charge on any atom is -0.335 e. The summed E-state index contributed by atoms with van der Waals surface area (Å²) in [4.78, 5) is 23.6. The Hall–Kier alpha value is -1.47. The zero-order valence-electron chi connectivity index (χ0n) is 8.80. The molecule has 1 aromatic carbocycles. The largest absolute Gasteiger partial charge is 0.335 e. The maximum atomic E-state index is 11.9. The van der Waals surface area contributed by atoms with Gasteiger partial charge in [0, 0.05) is 41.3 Å². The van der Waals surface area contributed by atoms with Crippen LogP contribution in [0, 0.1) is 10.1 Å². The molecule has 17 heavy (non-hydrogen) atoms. The number of nitro benzene ring substituents is 1. The van der Waals surface area contributed by atoms with Gasteiger partial charge in [0.05, 0.1) is 4.92 Å². The molecule has 0 radical (unpaired) electrons. The number of hydrogen-bond acceptors (Lipinski definition) is 4. The number of halogens is 1. The Morgan fingerprint density at radius 1 is 1.47 bits per heavy atom. The van der Waals surface area contributed by atoms with E-state index in [1.807, 2.05) is 0 Å². The average molecular weight is 300 g/mol. The van der Waals surface area contributed by atoms with E-state index in [0.717, 1.165) is 0 Å².